The van der Waals surface area contributed by atoms with Crippen molar-refractivity contribution < 1.29 is 14.5 Å². The second-order valence-electron chi connectivity index (χ2n) is 3.03. The molecule has 5 heteroatoms. The Balaban J connectivity index is 2.28. The molecule has 1 rings (SSSR count). The Kier molecular flexibility index (Phi) is 3.27. The summed E-state index contributed by atoms with van der Waals surface area (Å²) >= 11 is 0. The summed E-state index contributed by atoms with van der Waals surface area (Å²) in [5.74, 6) is 0. The van der Waals surface area contributed by atoms with Crippen LogP contribution in [0.15, 0.2) is 0 Å². The summed E-state index contributed by atoms with van der Waals surface area (Å²) in [6.07, 6.45) is 1.00. The summed E-state index contributed by atoms with van der Waals surface area (Å²) in [4.78, 5) is 0. The summed E-state index contributed by atoms with van der Waals surface area (Å²) in [6.45, 7) is 1.93. The van der Waals surface area contributed by atoms with Crippen LogP contribution in [0, 0.1) is 0 Å². The van der Waals surface area contributed by atoms with Gasteiger partial charge in [0.05, 0.1) is 0 Å². The Hall–Kier alpha value is -0.150. The maximum atomic E-state index is 10.0. The summed E-state index contributed by atoms with van der Waals surface area (Å²) < 4.78 is 15.4. The molecule has 0 aromatic carbocycles. The Labute approximate surface area is 67.6 Å². The van der Waals surface area contributed by atoms with Crippen molar-refractivity contribution in [2.24, 2.45) is 0 Å². The molecule has 0 aromatic heterocycles. The number of hydrogen-bond donors (Lipinski definition) is 1. The first kappa shape index (κ1) is 8.94. The topological polar surface area (TPSA) is 46.5 Å². The van der Waals surface area contributed by atoms with Gasteiger partial charge < -0.3 is 0 Å². The molecule has 1 fully saturated rings. The van der Waals surface area contributed by atoms with Crippen molar-refractivity contribution in [3.63, 3.8) is 0 Å². The third-order valence-corrected chi connectivity index (χ3v) is 1.98. The molecule has 0 bridgehead atoms. The molecular weight excluding hydrogens is 142 g/mol. The molecule has 3 atom stereocenters. The average molecular weight is 154 g/mol. The van der Waals surface area contributed by atoms with Crippen LogP contribution >= 0.6 is 0 Å². The van der Waals surface area contributed by atoms with E-state index in [1.165, 1.54) is 0 Å². The number of aliphatic hydroxyl groups excluding tert-OH is 1. The van der Waals surface area contributed by atoms with E-state index in [0.29, 0.717) is 19.9 Å². The van der Waals surface area contributed by atoms with Gasteiger partial charge in [-0.05, 0) is 0 Å². The van der Waals surface area contributed by atoms with Crippen molar-refractivity contribution in [2.45, 2.75) is 38.0 Å². The van der Waals surface area contributed by atoms with Gasteiger partial charge in [-0.2, -0.15) is 0 Å². The van der Waals surface area contributed by atoms with Crippen molar-refractivity contribution in [2.75, 3.05) is 0 Å². The molecule has 3 nitrogen and oxygen atoms in total. The fraction of sp³-hybridized carbons (Fsp3) is 1.00. The summed E-state index contributed by atoms with van der Waals surface area (Å²) in [6, 6.07) is 0. The van der Waals surface area contributed by atoms with Gasteiger partial charge in [0.1, 0.15) is 0 Å². The van der Waals surface area contributed by atoms with Crippen LogP contribution in [0.4, 0.5) is 0 Å². The SMILES string of the molecule is C[C@H]1C[C@@H](O)[C@@H](CBB=O)O1. The van der Waals surface area contributed by atoms with Crippen LogP contribution in [-0.2, 0) is 9.44 Å². The summed E-state index contributed by atoms with van der Waals surface area (Å²) in [7, 11) is 1.34. The minimum atomic E-state index is -0.370. The van der Waals surface area contributed by atoms with Crippen LogP contribution in [0.3, 0.4) is 0 Å². The second-order valence-corrected chi connectivity index (χ2v) is 3.03. The third kappa shape index (κ3) is 2.42. The zero-order valence-electron chi connectivity index (χ0n) is 6.69. The second kappa shape index (κ2) is 4.02. The van der Waals surface area contributed by atoms with E-state index in [0.717, 1.165) is 7.04 Å². The molecule has 1 N–H and O–H groups in total. The van der Waals surface area contributed by atoms with E-state index in [9.17, 15) is 9.81 Å². The fourth-order valence-corrected chi connectivity index (χ4v) is 1.43. The van der Waals surface area contributed by atoms with Gasteiger partial charge in [0, 0.05) is 0 Å². The van der Waals surface area contributed by atoms with Gasteiger partial charge in [-0.3, -0.25) is 0 Å². The third-order valence-electron chi connectivity index (χ3n) is 1.98. The quantitative estimate of drug-likeness (QED) is 0.549. The minimum absolute atomic E-state index is 0.116. The van der Waals surface area contributed by atoms with Gasteiger partial charge in [0.15, 0.2) is 0 Å². The summed E-state index contributed by atoms with van der Waals surface area (Å²) in [5, 5.41) is 9.35. The number of ether oxygens (including phenoxy) is 1. The molecule has 1 aliphatic heterocycles. The van der Waals surface area contributed by atoms with Crippen molar-refractivity contribution in [3.05, 3.63) is 0 Å². The number of hydrogen-bond acceptors (Lipinski definition) is 3. The first-order valence-corrected chi connectivity index (χ1v) is 4.01. The maximum absolute atomic E-state index is 10.0. The van der Waals surface area contributed by atoms with E-state index in [1.807, 2.05) is 6.92 Å². The van der Waals surface area contributed by atoms with E-state index >= 15 is 0 Å². The van der Waals surface area contributed by atoms with Crippen molar-refractivity contribution in [1.82, 2.24) is 0 Å². The van der Waals surface area contributed by atoms with Gasteiger partial charge in [-0.1, -0.05) is 0 Å². The Morgan fingerprint density at radius 1 is 1.82 bits per heavy atom. The van der Waals surface area contributed by atoms with Crippen LogP contribution in [0.1, 0.15) is 13.3 Å². The predicted octanol–water partition coefficient (Wildman–Crippen LogP) is -0.656. The van der Waals surface area contributed by atoms with Crippen LogP contribution in [-0.4, -0.2) is 37.6 Å². The first-order valence-electron chi connectivity index (χ1n) is 4.01. The number of rotatable bonds is 3. The Bertz CT molecular complexity index is 142. The zero-order valence-corrected chi connectivity index (χ0v) is 6.69. The van der Waals surface area contributed by atoms with E-state index in [2.05, 4.69) is 0 Å². The zero-order chi connectivity index (χ0) is 8.27. The molecule has 60 valence electrons. The fourth-order valence-electron chi connectivity index (χ4n) is 1.43. The molecule has 0 radical (unpaired) electrons. The van der Waals surface area contributed by atoms with Crippen LogP contribution in [0.5, 0.6) is 0 Å². The summed E-state index contributed by atoms with van der Waals surface area (Å²) in [5.41, 5.74) is 0. The van der Waals surface area contributed by atoms with Gasteiger partial charge in [-0.15, -0.1) is 0 Å². The molecule has 0 aliphatic carbocycles. The van der Waals surface area contributed by atoms with Gasteiger partial charge in [0.2, 0.25) is 0 Å². The molecule has 1 aliphatic rings. The normalized spacial score (nSPS) is 36.7. The van der Waals surface area contributed by atoms with Crippen LogP contribution < -0.4 is 0 Å². The molecule has 0 amide bonds. The molecular formula is C6H12B2O3. The van der Waals surface area contributed by atoms with Gasteiger partial charge >= 0.3 is 66.7 Å². The molecule has 1 heterocycles. The Morgan fingerprint density at radius 3 is 3.00 bits per heavy atom. The standard InChI is InChI=1S/C6H12B2O3/c1-4-2-5(9)6(11-4)3-7-8-10/h4-7,9H,2-3H2,1H3/t4-,5+,6+/m0/s1. The van der Waals surface area contributed by atoms with Crippen molar-refractivity contribution >= 4 is 14.2 Å². The molecule has 11 heavy (non-hydrogen) atoms. The van der Waals surface area contributed by atoms with Crippen LogP contribution in [0.2, 0.25) is 6.32 Å². The number of aliphatic hydroxyl groups is 1. The van der Waals surface area contributed by atoms with Crippen molar-refractivity contribution in [1.29, 1.82) is 0 Å². The molecule has 0 saturated carbocycles. The monoisotopic (exact) mass is 154 g/mol. The van der Waals surface area contributed by atoms with Gasteiger partial charge in [0.25, 0.3) is 0 Å². The van der Waals surface area contributed by atoms with E-state index < -0.39 is 0 Å². The van der Waals surface area contributed by atoms with E-state index in [4.69, 9.17) is 4.74 Å². The molecule has 0 spiro atoms. The first-order chi connectivity index (χ1) is 5.24. The Morgan fingerprint density at radius 2 is 2.55 bits per heavy atom. The molecule has 1 saturated heterocycles. The molecule has 0 aromatic rings. The van der Waals surface area contributed by atoms with E-state index in [-0.39, 0.29) is 18.3 Å². The molecule has 0 unspecified atom stereocenters. The average Bonchev–Trinajstić information content (AvgIpc) is 2.26. The van der Waals surface area contributed by atoms with Crippen molar-refractivity contribution in [3.8, 4) is 0 Å². The van der Waals surface area contributed by atoms with Crippen LogP contribution in [0.25, 0.3) is 0 Å². The predicted molar refractivity (Wildman–Crippen MR) is 43.4 cm³/mol. The van der Waals surface area contributed by atoms with Gasteiger partial charge in [-0.25, -0.2) is 0 Å². The van der Waals surface area contributed by atoms with E-state index in [1.54, 1.807) is 0 Å².